The first-order valence-electron chi connectivity index (χ1n) is 11.0. The molecule has 2 aliphatic rings. The predicted octanol–water partition coefficient (Wildman–Crippen LogP) is 1.25. The van der Waals surface area contributed by atoms with Gasteiger partial charge in [0.25, 0.3) is 11.8 Å². The molecule has 1 saturated heterocycles. The van der Waals surface area contributed by atoms with E-state index in [9.17, 15) is 18.0 Å². The van der Waals surface area contributed by atoms with Gasteiger partial charge in [-0.3, -0.25) is 14.5 Å². The molecule has 0 aliphatic carbocycles. The molecule has 0 radical (unpaired) electrons. The molecular formula is C23H28N4O6S. The average Bonchev–Trinajstić information content (AvgIpc) is 2.84. The number of nitrogens with one attached hydrogen (secondary N) is 1. The van der Waals surface area contributed by atoms with Gasteiger partial charge >= 0.3 is 0 Å². The Morgan fingerprint density at radius 3 is 2.44 bits per heavy atom. The maximum Gasteiger partial charge on any atom is 0.265 e. The van der Waals surface area contributed by atoms with E-state index in [0.29, 0.717) is 49.0 Å². The summed E-state index contributed by atoms with van der Waals surface area (Å²) in [5.41, 5.74) is 1.42. The number of sulfonamides is 1. The summed E-state index contributed by atoms with van der Waals surface area (Å²) in [7, 11) is -0.675. The minimum absolute atomic E-state index is 0.0238. The van der Waals surface area contributed by atoms with Gasteiger partial charge in [-0.2, -0.15) is 0 Å². The van der Waals surface area contributed by atoms with E-state index >= 15 is 0 Å². The fourth-order valence-corrected chi connectivity index (χ4v) is 4.69. The van der Waals surface area contributed by atoms with E-state index < -0.39 is 15.9 Å². The van der Waals surface area contributed by atoms with Crippen molar-refractivity contribution in [1.82, 2.24) is 9.21 Å². The second kappa shape index (κ2) is 10.1. The van der Waals surface area contributed by atoms with E-state index in [-0.39, 0.29) is 17.4 Å². The van der Waals surface area contributed by atoms with E-state index in [2.05, 4.69) is 10.2 Å². The number of amides is 2. The van der Waals surface area contributed by atoms with Crippen molar-refractivity contribution in [1.29, 1.82) is 0 Å². The minimum Gasteiger partial charge on any atom is -0.482 e. The zero-order valence-electron chi connectivity index (χ0n) is 19.2. The summed E-state index contributed by atoms with van der Waals surface area (Å²) >= 11 is 0. The lowest BCUT2D eigenvalue weighted by atomic mass is 10.1. The first kappa shape index (κ1) is 24.1. The summed E-state index contributed by atoms with van der Waals surface area (Å²) < 4.78 is 36.5. The Balaban J connectivity index is 1.47. The number of hydrogen-bond donors (Lipinski definition) is 1. The molecule has 34 heavy (non-hydrogen) atoms. The van der Waals surface area contributed by atoms with E-state index in [1.54, 1.807) is 23.1 Å². The van der Waals surface area contributed by atoms with Crippen LogP contribution in [0.2, 0.25) is 0 Å². The van der Waals surface area contributed by atoms with Crippen molar-refractivity contribution in [2.45, 2.75) is 4.90 Å². The van der Waals surface area contributed by atoms with Crippen LogP contribution in [0.25, 0.3) is 0 Å². The van der Waals surface area contributed by atoms with Crippen molar-refractivity contribution >= 4 is 33.2 Å². The number of benzene rings is 2. The van der Waals surface area contributed by atoms with Crippen LogP contribution >= 0.6 is 0 Å². The smallest absolute Gasteiger partial charge is 0.265 e. The van der Waals surface area contributed by atoms with Crippen LogP contribution in [0.3, 0.4) is 0 Å². The molecule has 0 aromatic heterocycles. The molecule has 0 unspecified atom stereocenters. The molecule has 0 bridgehead atoms. The summed E-state index contributed by atoms with van der Waals surface area (Å²) in [5, 5.41) is 2.81. The maximum absolute atomic E-state index is 12.8. The van der Waals surface area contributed by atoms with E-state index in [0.717, 1.165) is 17.4 Å². The summed E-state index contributed by atoms with van der Waals surface area (Å²) in [6.07, 6.45) is 0. The van der Waals surface area contributed by atoms with Gasteiger partial charge in [-0.25, -0.2) is 12.7 Å². The van der Waals surface area contributed by atoms with Crippen molar-refractivity contribution in [3.63, 3.8) is 0 Å². The molecular weight excluding hydrogens is 460 g/mol. The molecule has 10 nitrogen and oxygen atoms in total. The van der Waals surface area contributed by atoms with Gasteiger partial charge in [0.05, 0.1) is 23.8 Å². The van der Waals surface area contributed by atoms with Gasteiger partial charge in [-0.1, -0.05) is 0 Å². The van der Waals surface area contributed by atoms with E-state index in [4.69, 9.17) is 9.47 Å². The predicted molar refractivity (Wildman–Crippen MR) is 127 cm³/mol. The highest BCUT2D eigenvalue weighted by Crippen LogP contribution is 2.34. The second-order valence-corrected chi connectivity index (χ2v) is 10.4. The molecule has 1 N–H and O–H groups in total. The van der Waals surface area contributed by atoms with Gasteiger partial charge in [0, 0.05) is 51.5 Å². The van der Waals surface area contributed by atoms with Crippen LogP contribution in [0.5, 0.6) is 5.75 Å². The van der Waals surface area contributed by atoms with Crippen LogP contribution in [0, 0.1) is 0 Å². The summed E-state index contributed by atoms with van der Waals surface area (Å²) in [6, 6.07) is 10.9. The van der Waals surface area contributed by atoms with E-state index in [1.165, 1.54) is 38.4 Å². The molecule has 2 aromatic carbocycles. The number of fused-ring (bicyclic) bond motifs is 1. The first-order chi connectivity index (χ1) is 16.3. The van der Waals surface area contributed by atoms with Crippen molar-refractivity contribution in [3.8, 4) is 5.75 Å². The van der Waals surface area contributed by atoms with Crippen LogP contribution in [0.4, 0.5) is 11.4 Å². The highest BCUT2D eigenvalue weighted by molar-refractivity contribution is 7.89. The molecule has 1 fully saturated rings. The molecule has 2 amide bonds. The normalized spacial score (nSPS) is 16.8. The molecule has 0 spiro atoms. The summed E-state index contributed by atoms with van der Waals surface area (Å²) in [4.78, 5) is 29.4. The third-order valence-electron chi connectivity index (χ3n) is 5.80. The number of anilines is 2. The molecule has 2 aromatic rings. The Morgan fingerprint density at radius 1 is 1.06 bits per heavy atom. The first-order valence-corrected chi connectivity index (χ1v) is 12.4. The maximum atomic E-state index is 12.8. The van der Waals surface area contributed by atoms with Crippen molar-refractivity contribution < 1.29 is 27.5 Å². The highest BCUT2D eigenvalue weighted by atomic mass is 32.2. The Kier molecular flexibility index (Phi) is 7.17. The van der Waals surface area contributed by atoms with Gasteiger partial charge in [0.2, 0.25) is 10.0 Å². The average molecular weight is 489 g/mol. The van der Waals surface area contributed by atoms with Gasteiger partial charge in [0.15, 0.2) is 6.61 Å². The topological polar surface area (TPSA) is 108 Å². The lowest BCUT2D eigenvalue weighted by Gasteiger charge is -2.33. The zero-order valence-corrected chi connectivity index (χ0v) is 20.0. The number of hydrogen-bond acceptors (Lipinski definition) is 7. The van der Waals surface area contributed by atoms with Gasteiger partial charge in [-0.15, -0.1) is 0 Å². The Morgan fingerprint density at radius 2 is 1.76 bits per heavy atom. The Bertz CT molecular complexity index is 1160. The third kappa shape index (κ3) is 5.22. The number of morpholine rings is 1. The zero-order chi connectivity index (χ0) is 24.3. The third-order valence-corrected chi connectivity index (χ3v) is 7.63. The molecule has 4 rings (SSSR count). The number of rotatable bonds is 7. The van der Waals surface area contributed by atoms with Crippen LogP contribution in [0.15, 0.2) is 47.4 Å². The minimum atomic E-state index is -3.57. The number of carbonyl (C=O) groups is 2. The molecule has 11 heteroatoms. The highest BCUT2D eigenvalue weighted by Gasteiger charge is 2.27. The number of carbonyl (C=O) groups excluding carboxylic acids is 2. The summed E-state index contributed by atoms with van der Waals surface area (Å²) in [5.74, 6) is 0.0522. The quantitative estimate of drug-likeness (QED) is 0.625. The van der Waals surface area contributed by atoms with Crippen molar-refractivity contribution in [2.24, 2.45) is 0 Å². The molecule has 182 valence electrons. The van der Waals surface area contributed by atoms with Gasteiger partial charge in [0.1, 0.15) is 5.75 Å². The second-order valence-electron chi connectivity index (χ2n) is 8.24. The molecule has 2 aliphatic heterocycles. The monoisotopic (exact) mass is 488 g/mol. The van der Waals surface area contributed by atoms with Crippen molar-refractivity contribution in [3.05, 3.63) is 48.0 Å². The van der Waals surface area contributed by atoms with E-state index in [1.807, 2.05) is 0 Å². The van der Waals surface area contributed by atoms with Crippen molar-refractivity contribution in [2.75, 3.05) is 70.3 Å². The SMILES string of the molecule is CN(C)S(=O)(=O)c1ccc(C(=O)Nc2ccc3c(c2)N(CCN2CCOCC2)C(=O)CO3)cc1. The molecule has 0 atom stereocenters. The fourth-order valence-electron chi connectivity index (χ4n) is 3.78. The molecule has 0 saturated carbocycles. The van der Waals surface area contributed by atoms with Crippen LogP contribution in [-0.2, 0) is 19.6 Å². The number of ether oxygens (including phenoxy) is 2. The van der Waals surface area contributed by atoms with Crippen LogP contribution < -0.4 is 15.0 Å². The lowest BCUT2D eigenvalue weighted by Crippen LogP contribution is -2.45. The van der Waals surface area contributed by atoms with Crippen LogP contribution in [-0.4, -0.2) is 89.5 Å². The lowest BCUT2D eigenvalue weighted by molar-refractivity contribution is -0.121. The van der Waals surface area contributed by atoms with Gasteiger partial charge < -0.3 is 19.7 Å². The standard InChI is InChI=1S/C23H28N4O6S/c1-25(2)34(30,31)19-6-3-17(4-7-19)23(29)24-18-5-8-21-20(15-18)27(22(28)16-33-21)10-9-26-11-13-32-14-12-26/h3-8,15H,9-14,16H2,1-2H3,(H,24,29). The number of nitrogens with zero attached hydrogens (tertiary/aromatic N) is 3. The van der Waals surface area contributed by atoms with Crippen LogP contribution in [0.1, 0.15) is 10.4 Å². The Hall–Kier alpha value is -2.99. The Labute approximate surface area is 199 Å². The summed E-state index contributed by atoms with van der Waals surface area (Å²) in [6.45, 7) is 4.23. The molecule has 2 heterocycles. The fraction of sp³-hybridized carbons (Fsp3) is 0.391. The van der Waals surface area contributed by atoms with Gasteiger partial charge in [-0.05, 0) is 42.5 Å². The largest absolute Gasteiger partial charge is 0.482 e.